The SMILES string of the molecule is CCCCNC(=O)C(Cc1ccccc1)N(Cc1ccc(Cl)cc1)C(=O)CN(c1cc(Cl)ccc1OC)S(=O)(=O)c1ccc(C)cc1. The van der Waals surface area contributed by atoms with Crippen molar-refractivity contribution in [2.75, 3.05) is 24.5 Å². The van der Waals surface area contributed by atoms with Gasteiger partial charge in [-0.2, -0.15) is 0 Å². The van der Waals surface area contributed by atoms with Crippen LogP contribution in [-0.2, 0) is 32.6 Å². The highest BCUT2D eigenvalue weighted by Crippen LogP contribution is 2.35. The number of sulfonamides is 1. The lowest BCUT2D eigenvalue weighted by Gasteiger charge is -2.34. The van der Waals surface area contributed by atoms with Crippen LogP contribution in [0.2, 0.25) is 10.0 Å². The molecule has 1 atom stereocenters. The molecule has 0 bridgehead atoms. The summed E-state index contributed by atoms with van der Waals surface area (Å²) in [4.78, 5) is 29.9. The molecule has 2 amide bonds. The van der Waals surface area contributed by atoms with E-state index in [0.717, 1.165) is 33.8 Å². The number of nitrogens with zero attached hydrogens (tertiary/aromatic N) is 2. The zero-order chi connectivity index (χ0) is 34.0. The molecule has 47 heavy (non-hydrogen) atoms. The topological polar surface area (TPSA) is 96.0 Å². The number of hydrogen-bond acceptors (Lipinski definition) is 5. The van der Waals surface area contributed by atoms with E-state index in [-0.39, 0.29) is 40.2 Å². The first-order valence-corrected chi connectivity index (χ1v) is 17.5. The molecule has 4 rings (SSSR count). The molecule has 0 radical (unpaired) electrons. The van der Waals surface area contributed by atoms with Gasteiger partial charge in [0.25, 0.3) is 10.0 Å². The van der Waals surface area contributed by atoms with Crippen molar-refractivity contribution >= 4 is 50.7 Å². The van der Waals surface area contributed by atoms with Gasteiger partial charge >= 0.3 is 0 Å². The fraction of sp³-hybridized carbons (Fsp3) is 0.278. The van der Waals surface area contributed by atoms with Crippen LogP contribution in [0, 0.1) is 6.92 Å². The second kappa shape index (κ2) is 16.7. The first-order chi connectivity index (χ1) is 22.5. The van der Waals surface area contributed by atoms with Crippen LogP contribution in [0.15, 0.2) is 102 Å². The van der Waals surface area contributed by atoms with E-state index in [1.54, 1.807) is 48.5 Å². The van der Waals surface area contributed by atoms with Gasteiger partial charge in [-0.15, -0.1) is 0 Å². The number of anilines is 1. The second-order valence-corrected chi connectivity index (χ2v) is 13.9. The van der Waals surface area contributed by atoms with Crippen molar-refractivity contribution in [1.82, 2.24) is 10.2 Å². The average molecular weight is 697 g/mol. The lowest BCUT2D eigenvalue weighted by Crippen LogP contribution is -2.53. The summed E-state index contributed by atoms with van der Waals surface area (Å²) in [5, 5.41) is 3.76. The lowest BCUT2D eigenvalue weighted by molar-refractivity contribution is -0.140. The van der Waals surface area contributed by atoms with Crippen molar-refractivity contribution in [1.29, 1.82) is 0 Å². The Kier molecular flexibility index (Phi) is 12.7. The number of carbonyl (C=O) groups excluding carboxylic acids is 2. The third-order valence-corrected chi connectivity index (χ3v) is 9.93. The van der Waals surface area contributed by atoms with Crippen molar-refractivity contribution in [3.05, 3.63) is 124 Å². The van der Waals surface area contributed by atoms with E-state index in [1.165, 1.54) is 30.2 Å². The second-order valence-electron chi connectivity index (χ2n) is 11.1. The number of benzene rings is 4. The van der Waals surface area contributed by atoms with Crippen molar-refractivity contribution in [3.8, 4) is 5.75 Å². The van der Waals surface area contributed by atoms with Crippen LogP contribution in [0.5, 0.6) is 5.75 Å². The van der Waals surface area contributed by atoms with Gasteiger partial charge in [0.1, 0.15) is 18.3 Å². The Hall–Kier alpha value is -4.05. The van der Waals surface area contributed by atoms with Crippen LogP contribution in [0.4, 0.5) is 5.69 Å². The molecule has 0 aliphatic heterocycles. The highest BCUT2D eigenvalue weighted by Gasteiger charge is 2.35. The van der Waals surface area contributed by atoms with Gasteiger partial charge < -0.3 is 15.0 Å². The first kappa shape index (κ1) is 35.8. The summed E-state index contributed by atoms with van der Waals surface area (Å²) < 4.78 is 35.1. The minimum atomic E-state index is -4.32. The third kappa shape index (κ3) is 9.50. The molecule has 0 aromatic heterocycles. The predicted octanol–water partition coefficient (Wildman–Crippen LogP) is 7.06. The number of aryl methyl sites for hydroxylation is 1. The van der Waals surface area contributed by atoms with E-state index >= 15 is 0 Å². The van der Waals surface area contributed by atoms with Gasteiger partial charge in [-0.3, -0.25) is 13.9 Å². The molecule has 4 aromatic carbocycles. The number of amides is 2. The molecular formula is C36H39Cl2N3O5S. The first-order valence-electron chi connectivity index (χ1n) is 15.3. The lowest BCUT2D eigenvalue weighted by atomic mass is 10.0. The molecule has 11 heteroatoms. The Morgan fingerprint density at radius 1 is 0.872 bits per heavy atom. The number of ether oxygens (including phenoxy) is 1. The maximum atomic E-state index is 14.6. The fourth-order valence-corrected chi connectivity index (χ4v) is 6.76. The number of rotatable bonds is 15. The van der Waals surface area contributed by atoms with Gasteiger partial charge in [-0.05, 0) is 66.9 Å². The van der Waals surface area contributed by atoms with E-state index in [4.69, 9.17) is 27.9 Å². The Labute approximate surface area is 287 Å². The Bertz CT molecular complexity index is 1750. The molecule has 0 aliphatic rings. The molecule has 0 aliphatic carbocycles. The van der Waals surface area contributed by atoms with E-state index in [2.05, 4.69) is 5.32 Å². The smallest absolute Gasteiger partial charge is 0.264 e. The van der Waals surface area contributed by atoms with Crippen LogP contribution < -0.4 is 14.4 Å². The maximum absolute atomic E-state index is 14.6. The minimum Gasteiger partial charge on any atom is -0.495 e. The quantitative estimate of drug-likeness (QED) is 0.134. The highest BCUT2D eigenvalue weighted by atomic mass is 35.5. The molecule has 8 nitrogen and oxygen atoms in total. The van der Waals surface area contributed by atoms with Crippen molar-refractivity contribution in [2.24, 2.45) is 0 Å². The number of methoxy groups -OCH3 is 1. The van der Waals surface area contributed by atoms with E-state index < -0.39 is 28.5 Å². The van der Waals surface area contributed by atoms with E-state index in [1.807, 2.05) is 44.2 Å². The molecule has 1 N–H and O–H groups in total. The monoisotopic (exact) mass is 695 g/mol. The number of halogens is 2. The Morgan fingerprint density at radius 2 is 1.53 bits per heavy atom. The number of unbranched alkanes of at least 4 members (excludes halogenated alkanes) is 1. The normalized spacial score (nSPS) is 11.9. The number of nitrogens with one attached hydrogen (secondary N) is 1. The van der Waals surface area contributed by atoms with Gasteiger partial charge in [0.05, 0.1) is 17.7 Å². The number of carbonyl (C=O) groups is 2. The van der Waals surface area contributed by atoms with Crippen LogP contribution in [0.1, 0.15) is 36.5 Å². The van der Waals surface area contributed by atoms with E-state index in [9.17, 15) is 18.0 Å². The number of hydrogen-bond donors (Lipinski definition) is 1. The molecule has 0 fully saturated rings. The Balaban J connectivity index is 1.83. The van der Waals surface area contributed by atoms with Gasteiger partial charge in [0.2, 0.25) is 11.8 Å². The molecular weight excluding hydrogens is 657 g/mol. The van der Waals surface area contributed by atoms with Crippen LogP contribution >= 0.6 is 23.2 Å². The average Bonchev–Trinajstić information content (AvgIpc) is 3.06. The summed E-state index contributed by atoms with van der Waals surface area (Å²) in [6.07, 6.45) is 1.86. The zero-order valence-corrected chi connectivity index (χ0v) is 29.0. The highest BCUT2D eigenvalue weighted by molar-refractivity contribution is 7.92. The molecule has 0 heterocycles. The largest absolute Gasteiger partial charge is 0.495 e. The summed E-state index contributed by atoms with van der Waals surface area (Å²) in [6.45, 7) is 3.72. The molecule has 1 unspecified atom stereocenters. The van der Waals surface area contributed by atoms with Crippen LogP contribution in [0.3, 0.4) is 0 Å². The molecule has 0 spiro atoms. The summed E-state index contributed by atoms with van der Waals surface area (Å²) in [5.74, 6) is -0.720. The molecule has 248 valence electrons. The summed E-state index contributed by atoms with van der Waals surface area (Å²) in [7, 11) is -2.91. The fourth-order valence-electron chi connectivity index (χ4n) is 5.06. The van der Waals surface area contributed by atoms with Gasteiger partial charge in [0.15, 0.2) is 0 Å². The predicted molar refractivity (Wildman–Crippen MR) is 188 cm³/mol. The van der Waals surface area contributed by atoms with Gasteiger partial charge in [0, 0.05) is 29.6 Å². The van der Waals surface area contributed by atoms with Crippen molar-refractivity contribution in [2.45, 2.75) is 50.6 Å². The third-order valence-electron chi connectivity index (χ3n) is 7.66. The maximum Gasteiger partial charge on any atom is 0.264 e. The van der Waals surface area contributed by atoms with Gasteiger partial charge in [-0.25, -0.2) is 8.42 Å². The van der Waals surface area contributed by atoms with Crippen LogP contribution in [0.25, 0.3) is 0 Å². The Morgan fingerprint density at radius 3 is 2.17 bits per heavy atom. The summed E-state index contributed by atoms with van der Waals surface area (Å²) >= 11 is 12.5. The molecule has 4 aromatic rings. The van der Waals surface area contributed by atoms with Gasteiger partial charge in [-0.1, -0.05) is 96.7 Å². The minimum absolute atomic E-state index is 0.0136. The zero-order valence-electron chi connectivity index (χ0n) is 26.7. The standard InChI is InChI=1S/C36H39Cl2N3O5S/c1-4-5-21-39-36(43)33(22-27-9-7-6-8-10-27)40(24-28-13-15-29(37)16-14-28)35(42)25-41(32-23-30(38)17-20-34(32)46-3)47(44,45)31-18-11-26(2)12-19-31/h6-20,23,33H,4-5,21-22,24-25H2,1-3H3,(H,39,43). The van der Waals surface area contributed by atoms with Crippen molar-refractivity contribution in [3.63, 3.8) is 0 Å². The molecule has 0 saturated heterocycles. The van der Waals surface area contributed by atoms with Crippen LogP contribution in [-0.4, -0.2) is 51.4 Å². The summed E-state index contributed by atoms with van der Waals surface area (Å²) in [5.41, 5.74) is 2.53. The molecule has 0 saturated carbocycles. The van der Waals surface area contributed by atoms with E-state index in [0.29, 0.717) is 11.6 Å². The summed E-state index contributed by atoms with van der Waals surface area (Å²) in [6, 6.07) is 26.3. The van der Waals surface area contributed by atoms with Crippen molar-refractivity contribution < 1.29 is 22.7 Å².